The van der Waals surface area contributed by atoms with Gasteiger partial charge in [0.25, 0.3) is 0 Å². The molecule has 120 valence electrons. The van der Waals surface area contributed by atoms with Crippen LogP contribution in [-0.2, 0) is 13.5 Å². The molecule has 3 rings (SSSR count). The van der Waals surface area contributed by atoms with Gasteiger partial charge in [0.2, 0.25) is 5.69 Å². The van der Waals surface area contributed by atoms with Gasteiger partial charge in [-0.2, -0.15) is 0 Å². The summed E-state index contributed by atoms with van der Waals surface area (Å²) < 4.78 is 6.85. The molecule has 3 aromatic rings. The summed E-state index contributed by atoms with van der Waals surface area (Å²) in [6.45, 7) is 9.39. The van der Waals surface area contributed by atoms with Crippen molar-refractivity contribution in [1.29, 1.82) is 0 Å². The van der Waals surface area contributed by atoms with Crippen LogP contribution >= 0.6 is 0 Å². The average molecular weight is 321 g/mol. The third kappa shape index (κ3) is 2.36. The van der Waals surface area contributed by atoms with Gasteiger partial charge in [0.05, 0.1) is 12.8 Å². The molecular weight excluding hydrogens is 306 g/mol. The topological polar surface area (TPSA) is 72.6 Å². The fraction of sp³-hybridized carbons (Fsp3) is 0.167. The van der Waals surface area contributed by atoms with Gasteiger partial charge in [0.15, 0.2) is 12.2 Å². The zero-order chi connectivity index (χ0) is 17.3. The number of aromatic carboxylic acids is 1. The number of carboxylic acids is 1. The summed E-state index contributed by atoms with van der Waals surface area (Å²) in [7, 11) is 1.68. The normalized spacial score (nSPS) is 10.5. The van der Waals surface area contributed by atoms with Crippen molar-refractivity contribution in [2.45, 2.75) is 13.3 Å². The minimum atomic E-state index is -1.04. The number of rotatable bonds is 4. The number of aromatic nitrogens is 2. The lowest BCUT2D eigenvalue weighted by atomic mass is 10.0. The van der Waals surface area contributed by atoms with Crippen LogP contribution in [0.15, 0.2) is 41.3 Å². The van der Waals surface area contributed by atoms with Gasteiger partial charge < -0.3 is 14.1 Å². The molecule has 6 heteroatoms. The Morgan fingerprint density at radius 3 is 2.50 bits per heavy atom. The predicted octanol–water partition coefficient (Wildman–Crippen LogP) is 4.16. The summed E-state index contributed by atoms with van der Waals surface area (Å²) >= 11 is 0. The molecule has 0 aliphatic heterocycles. The maximum atomic E-state index is 11.7. The van der Waals surface area contributed by atoms with Crippen LogP contribution in [0, 0.1) is 6.57 Å². The van der Waals surface area contributed by atoms with Gasteiger partial charge in [-0.15, -0.1) is 0 Å². The van der Waals surface area contributed by atoms with E-state index in [0.717, 1.165) is 11.3 Å². The number of hydrogen-bond acceptors (Lipinski definition) is 3. The quantitative estimate of drug-likeness (QED) is 0.732. The second-order valence-electron chi connectivity index (χ2n) is 5.29. The van der Waals surface area contributed by atoms with Crippen molar-refractivity contribution in [3.63, 3.8) is 0 Å². The van der Waals surface area contributed by atoms with Crippen molar-refractivity contribution in [2.75, 3.05) is 0 Å². The number of nitrogens with zero attached hydrogens (tertiary/aromatic N) is 3. The second-order valence-corrected chi connectivity index (χ2v) is 5.29. The van der Waals surface area contributed by atoms with Crippen LogP contribution < -0.4 is 0 Å². The standard InChI is InChI=1S/C18H15N3O3/c1-4-13-16(19-2)15(17(18(22)23)21(13)3)12-7-5-11(6-8-12)14-9-20-10-24-14/h5-10H,4H2,1,3H3,(H,22,23). The molecule has 2 aromatic heterocycles. The number of carbonyl (C=O) groups is 1. The van der Waals surface area contributed by atoms with Crippen LogP contribution in [0.2, 0.25) is 0 Å². The molecular formula is C18H15N3O3. The molecule has 2 heterocycles. The molecule has 0 radical (unpaired) electrons. The first-order valence-corrected chi connectivity index (χ1v) is 7.40. The van der Waals surface area contributed by atoms with Crippen molar-refractivity contribution >= 4 is 11.7 Å². The first kappa shape index (κ1) is 15.6. The van der Waals surface area contributed by atoms with Gasteiger partial charge in [0, 0.05) is 23.9 Å². The summed E-state index contributed by atoms with van der Waals surface area (Å²) in [6, 6.07) is 7.25. The molecule has 24 heavy (non-hydrogen) atoms. The average Bonchev–Trinajstić information content (AvgIpc) is 3.20. The van der Waals surface area contributed by atoms with E-state index in [-0.39, 0.29) is 5.69 Å². The second kappa shape index (κ2) is 6.05. The fourth-order valence-corrected chi connectivity index (χ4v) is 2.93. The highest BCUT2D eigenvalue weighted by Gasteiger charge is 2.25. The molecule has 0 bridgehead atoms. The molecule has 0 aliphatic rings. The molecule has 1 N–H and O–H groups in total. The number of oxazole rings is 1. The third-order valence-corrected chi connectivity index (χ3v) is 4.03. The Bertz CT molecular complexity index is 930. The Morgan fingerprint density at radius 1 is 1.33 bits per heavy atom. The van der Waals surface area contributed by atoms with Gasteiger partial charge in [-0.05, 0) is 12.0 Å². The smallest absolute Gasteiger partial charge is 0.351 e. The summed E-state index contributed by atoms with van der Waals surface area (Å²) in [5, 5.41) is 9.59. The highest BCUT2D eigenvalue weighted by molar-refractivity contribution is 6.00. The monoisotopic (exact) mass is 321 g/mol. The molecule has 0 atom stereocenters. The first-order valence-electron chi connectivity index (χ1n) is 7.40. The highest BCUT2D eigenvalue weighted by Crippen LogP contribution is 2.39. The van der Waals surface area contributed by atoms with E-state index in [0.29, 0.717) is 29.0 Å². The van der Waals surface area contributed by atoms with Gasteiger partial charge in [-0.1, -0.05) is 31.2 Å². The van der Waals surface area contributed by atoms with Gasteiger partial charge in [0.1, 0.15) is 5.69 Å². The Hall–Kier alpha value is -3.33. The van der Waals surface area contributed by atoms with Crippen molar-refractivity contribution < 1.29 is 14.3 Å². The van der Waals surface area contributed by atoms with Crippen LogP contribution in [0.4, 0.5) is 5.69 Å². The van der Waals surface area contributed by atoms with Gasteiger partial charge >= 0.3 is 5.97 Å². The Balaban J connectivity index is 2.19. The number of hydrogen-bond donors (Lipinski definition) is 1. The molecule has 0 amide bonds. The largest absolute Gasteiger partial charge is 0.477 e. The summed E-state index contributed by atoms with van der Waals surface area (Å²) in [4.78, 5) is 19.2. The maximum absolute atomic E-state index is 11.7. The van der Waals surface area contributed by atoms with Gasteiger partial charge in [-0.3, -0.25) is 0 Å². The SMILES string of the molecule is [C-]#[N+]c1c(-c2ccc(-c3cnco3)cc2)c(C(=O)O)n(C)c1CC. The molecule has 0 spiro atoms. The minimum absolute atomic E-state index is 0.130. The van der Waals surface area contributed by atoms with Crippen LogP contribution in [0.5, 0.6) is 0 Å². The zero-order valence-electron chi connectivity index (χ0n) is 13.3. The Morgan fingerprint density at radius 2 is 2.00 bits per heavy atom. The van der Waals surface area contributed by atoms with E-state index in [2.05, 4.69) is 9.83 Å². The van der Waals surface area contributed by atoms with E-state index in [1.807, 2.05) is 19.1 Å². The summed E-state index contributed by atoms with van der Waals surface area (Å²) in [5.41, 5.74) is 3.23. The zero-order valence-corrected chi connectivity index (χ0v) is 13.3. The van der Waals surface area contributed by atoms with E-state index in [9.17, 15) is 9.90 Å². The summed E-state index contributed by atoms with van der Waals surface area (Å²) in [5.74, 6) is -0.413. The van der Waals surface area contributed by atoms with Crippen LogP contribution in [-0.4, -0.2) is 20.6 Å². The lowest BCUT2D eigenvalue weighted by Crippen LogP contribution is -2.07. The molecule has 6 nitrogen and oxygen atoms in total. The third-order valence-electron chi connectivity index (χ3n) is 4.03. The van der Waals surface area contributed by atoms with Crippen molar-refractivity contribution in [1.82, 2.24) is 9.55 Å². The van der Waals surface area contributed by atoms with Crippen LogP contribution in [0.1, 0.15) is 23.1 Å². The minimum Gasteiger partial charge on any atom is -0.477 e. The summed E-state index contributed by atoms with van der Waals surface area (Å²) in [6.07, 6.45) is 3.55. The number of carboxylic acid groups (broad SMARTS) is 1. The van der Waals surface area contributed by atoms with Gasteiger partial charge in [-0.25, -0.2) is 14.6 Å². The molecule has 1 aromatic carbocycles. The lowest BCUT2D eigenvalue weighted by molar-refractivity contribution is 0.0687. The Kier molecular flexibility index (Phi) is 3.92. The van der Waals surface area contributed by atoms with E-state index in [4.69, 9.17) is 11.0 Å². The highest BCUT2D eigenvalue weighted by atomic mass is 16.4. The van der Waals surface area contributed by atoms with Crippen LogP contribution in [0.25, 0.3) is 27.3 Å². The molecule has 0 aliphatic carbocycles. The molecule has 0 unspecified atom stereocenters. The van der Waals surface area contributed by atoms with Crippen molar-refractivity contribution in [2.24, 2.45) is 7.05 Å². The maximum Gasteiger partial charge on any atom is 0.351 e. The van der Waals surface area contributed by atoms with Crippen molar-refractivity contribution in [3.8, 4) is 22.5 Å². The lowest BCUT2D eigenvalue weighted by Gasteiger charge is -2.05. The predicted molar refractivity (Wildman–Crippen MR) is 88.9 cm³/mol. The molecule has 0 fully saturated rings. The van der Waals surface area contributed by atoms with Crippen molar-refractivity contribution in [3.05, 3.63) is 59.7 Å². The van der Waals surface area contributed by atoms with E-state index < -0.39 is 5.97 Å². The van der Waals surface area contributed by atoms with Crippen LogP contribution in [0.3, 0.4) is 0 Å². The molecule has 0 saturated carbocycles. The van der Waals surface area contributed by atoms with E-state index in [1.54, 1.807) is 29.9 Å². The first-order chi connectivity index (χ1) is 11.6. The Labute approximate surface area is 138 Å². The molecule has 0 saturated heterocycles. The number of benzene rings is 1. The fourth-order valence-electron chi connectivity index (χ4n) is 2.93. The van der Waals surface area contributed by atoms with E-state index in [1.165, 1.54) is 6.39 Å². The van der Waals surface area contributed by atoms with E-state index >= 15 is 0 Å².